The van der Waals surface area contributed by atoms with E-state index in [0.717, 1.165) is 31.9 Å². The Hall–Kier alpha value is -2.74. The molecule has 1 unspecified atom stereocenters. The number of nitrogens with zero attached hydrogens (tertiary/aromatic N) is 2. The number of amides is 2. The molecule has 2 heterocycles. The molecule has 1 atom stereocenters. The van der Waals surface area contributed by atoms with Crippen LogP contribution in [0.15, 0.2) is 59.8 Å². The highest BCUT2D eigenvalue weighted by Gasteiger charge is 2.35. The van der Waals surface area contributed by atoms with Crippen molar-refractivity contribution in [1.82, 2.24) is 15.5 Å². The third kappa shape index (κ3) is 4.85. The van der Waals surface area contributed by atoms with Crippen LogP contribution in [0.5, 0.6) is 0 Å². The van der Waals surface area contributed by atoms with Gasteiger partial charge in [0.1, 0.15) is 0 Å². The molecule has 9 heteroatoms. The number of urea groups is 1. The summed E-state index contributed by atoms with van der Waals surface area (Å²) in [6, 6.07) is 13.9. The predicted octanol–water partition coefficient (Wildman–Crippen LogP) is 3.60. The zero-order valence-corrected chi connectivity index (χ0v) is 19.1. The van der Waals surface area contributed by atoms with E-state index in [2.05, 4.69) is 20.4 Å². The normalized spacial score (nSPS) is 19.4. The van der Waals surface area contributed by atoms with Gasteiger partial charge in [0.05, 0.1) is 18.7 Å². The van der Waals surface area contributed by atoms with Crippen LogP contribution in [-0.2, 0) is 9.53 Å². The van der Waals surface area contributed by atoms with Crippen molar-refractivity contribution in [3.8, 4) is 0 Å². The number of carbonyl (C=O) groups excluding carboxylic acids is 2. The first-order chi connectivity index (χ1) is 15.5. The van der Waals surface area contributed by atoms with Crippen LogP contribution >= 0.6 is 23.2 Å². The van der Waals surface area contributed by atoms with E-state index in [4.69, 9.17) is 27.9 Å². The summed E-state index contributed by atoms with van der Waals surface area (Å²) in [5, 5.41) is 6.80. The Balaban J connectivity index is 1.55. The summed E-state index contributed by atoms with van der Waals surface area (Å²) in [5.41, 5.74) is 2.66. The van der Waals surface area contributed by atoms with Gasteiger partial charge in [-0.3, -0.25) is 4.90 Å². The minimum absolute atomic E-state index is 0.361. The minimum atomic E-state index is -0.685. The summed E-state index contributed by atoms with van der Waals surface area (Å²) < 4.78 is 5.05. The molecule has 0 aliphatic carbocycles. The first-order valence-electron chi connectivity index (χ1n) is 10.3. The lowest BCUT2D eigenvalue weighted by molar-refractivity contribution is -0.136. The van der Waals surface area contributed by atoms with Crippen LogP contribution in [0.1, 0.15) is 11.6 Å². The van der Waals surface area contributed by atoms with Gasteiger partial charge in [-0.25, -0.2) is 9.59 Å². The van der Waals surface area contributed by atoms with Crippen LogP contribution in [0, 0.1) is 0 Å². The summed E-state index contributed by atoms with van der Waals surface area (Å²) in [6.45, 7) is 3.62. The van der Waals surface area contributed by atoms with E-state index in [-0.39, 0.29) is 6.03 Å². The van der Waals surface area contributed by atoms with E-state index in [1.54, 1.807) is 18.2 Å². The predicted molar refractivity (Wildman–Crippen MR) is 125 cm³/mol. The fourth-order valence-corrected chi connectivity index (χ4v) is 4.45. The monoisotopic (exact) mass is 474 g/mol. The zero-order chi connectivity index (χ0) is 22.7. The second kappa shape index (κ2) is 9.81. The summed E-state index contributed by atoms with van der Waals surface area (Å²) in [6.07, 6.45) is 0. The van der Waals surface area contributed by atoms with Crippen LogP contribution in [0.4, 0.5) is 10.5 Å². The average Bonchev–Trinajstić information content (AvgIpc) is 2.80. The Kier molecular flexibility index (Phi) is 6.89. The average molecular weight is 475 g/mol. The molecular formula is C23H24Cl2N4O3. The van der Waals surface area contributed by atoms with Crippen molar-refractivity contribution in [2.45, 2.75) is 6.04 Å². The van der Waals surface area contributed by atoms with Gasteiger partial charge in [-0.15, -0.1) is 0 Å². The number of halogens is 2. The molecule has 0 spiro atoms. The van der Waals surface area contributed by atoms with E-state index in [0.29, 0.717) is 33.4 Å². The quantitative estimate of drug-likeness (QED) is 0.647. The maximum absolute atomic E-state index is 12.7. The van der Waals surface area contributed by atoms with Crippen LogP contribution < -0.4 is 15.5 Å². The van der Waals surface area contributed by atoms with E-state index in [1.165, 1.54) is 7.11 Å². The summed E-state index contributed by atoms with van der Waals surface area (Å²) >= 11 is 12.4. The molecule has 2 aromatic rings. The molecule has 2 N–H and O–H groups in total. The molecule has 32 heavy (non-hydrogen) atoms. The molecular weight excluding hydrogens is 451 g/mol. The Labute approximate surface area is 196 Å². The molecule has 0 radical (unpaired) electrons. The van der Waals surface area contributed by atoms with E-state index in [9.17, 15) is 9.59 Å². The maximum atomic E-state index is 12.7. The molecule has 7 nitrogen and oxygen atoms in total. The van der Waals surface area contributed by atoms with Crippen LogP contribution in [0.25, 0.3) is 0 Å². The number of benzene rings is 2. The summed E-state index contributed by atoms with van der Waals surface area (Å²) in [7, 11) is 1.33. The number of nitrogens with one attached hydrogen (secondary N) is 2. The standard InChI is InChI=1S/C23H24Cl2N4O3/c1-32-22(30)20-19(26-23(31)27-21(20)17-4-2-3-5-18(17)25)14-28-10-12-29(13-11-28)16-8-6-15(24)7-9-16/h2-9,21H,10-14H2,1H3,(H2,26,27,31). The van der Waals surface area contributed by atoms with Crippen molar-refractivity contribution >= 4 is 40.9 Å². The van der Waals surface area contributed by atoms with Gasteiger partial charge < -0.3 is 20.3 Å². The number of anilines is 1. The van der Waals surface area contributed by atoms with Crippen molar-refractivity contribution < 1.29 is 14.3 Å². The molecule has 2 aliphatic heterocycles. The first kappa shape index (κ1) is 22.5. The minimum Gasteiger partial charge on any atom is -0.466 e. The molecule has 1 saturated heterocycles. The smallest absolute Gasteiger partial charge is 0.338 e. The van der Waals surface area contributed by atoms with Crippen LogP contribution in [-0.4, -0.2) is 56.7 Å². The van der Waals surface area contributed by atoms with Gasteiger partial charge in [0.2, 0.25) is 0 Å². The van der Waals surface area contributed by atoms with Gasteiger partial charge in [0, 0.05) is 54.2 Å². The Morgan fingerprint density at radius 1 is 1.06 bits per heavy atom. The maximum Gasteiger partial charge on any atom is 0.338 e. The van der Waals surface area contributed by atoms with Gasteiger partial charge in [0.25, 0.3) is 0 Å². The Morgan fingerprint density at radius 2 is 1.75 bits per heavy atom. The van der Waals surface area contributed by atoms with E-state index >= 15 is 0 Å². The third-order valence-corrected chi connectivity index (χ3v) is 6.32. The largest absolute Gasteiger partial charge is 0.466 e. The summed E-state index contributed by atoms with van der Waals surface area (Å²) in [5.74, 6) is -0.503. The molecule has 4 rings (SSSR count). The SMILES string of the molecule is COC(=O)C1=C(CN2CCN(c3ccc(Cl)cc3)CC2)NC(=O)NC1c1ccccc1Cl. The lowest BCUT2D eigenvalue weighted by Gasteiger charge is -2.38. The van der Waals surface area contributed by atoms with Crippen molar-refractivity contribution in [3.63, 3.8) is 0 Å². The molecule has 2 aromatic carbocycles. The Morgan fingerprint density at radius 3 is 2.41 bits per heavy atom. The van der Waals surface area contributed by atoms with Crippen molar-refractivity contribution in [2.24, 2.45) is 0 Å². The third-order valence-electron chi connectivity index (χ3n) is 5.72. The zero-order valence-electron chi connectivity index (χ0n) is 17.6. The fourth-order valence-electron chi connectivity index (χ4n) is 4.08. The van der Waals surface area contributed by atoms with E-state index in [1.807, 2.05) is 30.3 Å². The second-order valence-corrected chi connectivity index (χ2v) is 8.52. The summed E-state index contributed by atoms with van der Waals surface area (Å²) in [4.78, 5) is 29.7. The number of methoxy groups -OCH3 is 1. The Bertz CT molecular complexity index is 1030. The number of hydrogen-bond donors (Lipinski definition) is 2. The molecule has 168 valence electrons. The molecule has 0 bridgehead atoms. The second-order valence-electron chi connectivity index (χ2n) is 7.68. The molecule has 2 amide bonds. The van der Waals surface area contributed by atoms with Crippen LogP contribution in [0.2, 0.25) is 10.0 Å². The van der Waals surface area contributed by atoms with Gasteiger partial charge in [-0.05, 0) is 35.9 Å². The highest BCUT2D eigenvalue weighted by atomic mass is 35.5. The fraction of sp³-hybridized carbons (Fsp3) is 0.304. The first-order valence-corrected chi connectivity index (χ1v) is 11.1. The van der Waals surface area contributed by atoms with Gasteiger partial charge in [0.15, 0.2) is 0 Å². The van der Waals surface area contributed by atoms with Crippen LogP contribution in [0.3, 0.4) is 0 Å². The van der Waals surface area contributed by atoms with Gasteiger partial charge in [-0.2, -0.15) is 0 Å². The number of carbonyl (C=O) groups is 2. The lowest BCUT2D eigenvalue weighted by Crippen LogP contribution is -2.51. The lowest BCUT2D eigenvalue weighted by atomic mass is 9.95. The van der Waals surface area contributed by atoms with Gasteiger partial charge in [-0.1, -0.05) is 41.4 Å². The number of ether oxygens (including phenoxy) is 1. The topological polar surface area (TPSA) is 73.9 Å². The van der Waals surface area contributed by atoms with Crippen molar-refractivity contribution in [1.29, 1.82) is 0 Å². The van der Waals surface area contributed by atoms with Gasteiger partial charge >= 0.3 is 12.0 Å². The molecule has 1 fully saturated rings. The highest BCUT2D eigenvalue weighted by molar-refractivity contribution is 6.31. The number of hydrogen-bond acceptors (Lipinski definition) is 5. The number of esters is 1. The molecule has 0 aromatic heterocycles. The number of rotatable bonds is 5. The highest BCUT2D eigenvalue weighted by Crippen LogP contribution is 2.32. The van der Waals surface area contributed by atoms with Crippen molar-refractivity contribution in [2.75, 3.05) is 44.7 Å². The molecule has 2 aliphatic rings. The molecule has 0 saturated carbocycles. The number of piperazine rings is 1. The van der Waals surface area contributed by atoms with Crippen molar-refractivity contribution in [3.05, 3.63) is 75.4 Å². The van der Waals surface area contributed by atoms with E-state index < -0.39 is 12.0 Å².